The molecule has 0 heterocycles. The average Bonchev–Trinajstić information content (AvgIpc) is 2.16. The van der Waals surface area contributed by atoms with Gasteiger partial charge >= 0.3 is 6.03 Å². The van der Waals surface area contributed by atoms with Gasteiger partial charge in [0.05, 0.1) is 11.6 Å². The van der Waals surface area contributed by atoms with Crippen LogP contribution in [0, 0.1) is 0 Å². The van der Waals surface area contributed by atoms with E-state index in [0.717, 1.165) is 5.56 Å². The van der Waals surface area contributed by atoms with Crippen LogP contribution >= 0.6 is 0 Å². The Kier molecular flexibility index (Phi) is 3.90. The SMILES string of the molecule is CC(C)(O)[C@H](Cc1ccccc1)NC(N)=O. The van der Waals surface area contributed by atoms with Crippen molar-refractivity contribution in [3.8, 4) is 0 Å². The zero-order valence-corrected chi connectivity index (χ0v) is 9.60. The van der Waals surface area contributed by atoms with Gasteiger partial charge in [0.15, 0.2) is 0 Å². The highest BCUT2D eigenvalue weighted by Crippen LogP contribution is 2.14. The highest BCUT2D eigenvalue weighted by atomic mass is 16.3. The van der Waals surface area contributed by atoms with Gasteiger partial charge in [-0.1, -0.05) is 30.3 Å². The van der Waals surface area contributed by atoms with Crippen molar-refractivity contribution in [2.24, 2.45) is 5.73 Å². The van der Waals surface area contributed by atoms with Gasteiger partial charge in [-0.05, 0) is 25.8 Å². The van der Waals surface area contributed by atoms with E-state index >= 15 is 0 Å². The van der Waals surface area contributed by atoms with Crippen LogP contribution in [0.15, 0.2) is 30.3 Å². The minimum absolute atomic E-state index is 0.396. The second-order valence-corrected chi connectivity index (χ2v) is 4.40. The molecule has 0 aliphatic carbocycles. The highest BCUT2D eigenvalue weighted by Gasteiger charge is 2.27. The summed E-state index contributed by atoms with van der Waals surface area (Å²) in [5, 5.41) is 12.5. The molecule has 0 spiro atoms. The fourth-order valence-electron chi connectivity index (χ4n) is 1.50. The van der Waals surface area contributed by atoms with E-state index < -0.39 is 17.7 Å². The number of carbonyl (C=O) groups is 1. The third-order valence-electron chi connectivity index (χ3n) is 2.45. The van der Waals surface area contributed by atoms with Gasteiger partial charge in [-0.25, -0.2) is 4.79 Å². The number of amides is 2. The van der Waals surface area contributed by atoms with E-state index in [1.54, 1.807) is 13.8 Å². The van der Waals surface area contributed by atoms with Gasteiger partial charge in [0.1, 0.15) is 0 Å². The normalized spacial score (nSPS) is 13.2. The summed E-state index contributed by atoms with van der Waals surface area (Å²) in [6, 6.07) is 8.63. The molecule has 1 aromatic carbocycles. The summed E-state index contributed by atoms with van der Waals surface area (Å²) in [5.74, 6) is 0. The van der Waals surface area contributed by atoms with Crippen LogP contribution in [0.1, 0.15) is 19.4 Å². The number of nitrogens with one attached hydrogen (secondary N) is 1. The fourth-order valence-corrected chi connectivity index (χ4v) is 1.50. The Bertz CT molecular complexity index is 344. The van der Waals surface area contributed by atoms with Crippen LogP contribution in [0.2, 0.25) is 0 Å². The summed E-state index contributed by atoms with van der Waals surface area (Å²) in [6.45, 7) is 3.30. The van der Waals surface area contributed by atoms with Crippen molar-refractivity contribution in [1.82, 2.24) is 5.32 Å². The Morgan fingerprint density at radius 2 is 2.00 bits per heavy atom. The molecule has 1 atom stereocenters. The van der Waals surface area contributed by atoms with Crippen molar-refractivity contribution in [2.45, 2.75) is 31.9 Å². The first kappa shape index (κ1) is 12.5. The highest BCUT2D eigenvalue weighted by molar-refractivity contribution is 5.72. The lowest BCUT2D eigenvalue weighted by Gasteiger charge is -2.29. The number of aliphatic hydroxyl groups is 1. The Balaban J connectivity index is 2.75. The van der Waals surface area contributed by atoms with Gasteiger partial charge in [0, 0.05) is 0 Å². The van der Waals surface area contributed by atoms with Crippen LogP contribution in [0.4, 0.5) is 4.79 Å². The van der Waals surface area contributed by atoms with Crippen LogP contribution in [-0.2, 0) is 6.42 Å². The summed E-state index contributed by atoms with van der Waals surface area (Å²) >= 11 is 0. The lowest BCUT2D eigenvalue weighted by molar-refractivity contribution is 0.0418. The molecule has 0 saturated carbocycles. The van der Waals surface area contributed by atoms with Gasteiger partial charge < -0.3 is 16.2 Å². The molecule has 16 heavy (non-hydrogen) atoms. The minimum Gasteiger partial charge on any atom is -0.388 e. The molecule has 0 saturated heterocycles. The molecular weight excluding hydrogens is 204 g/mol. The Labute approximate surface area is 95.5 Å². The predicted octanol–water partition coefficient (Wildman–Crippen LogP) is 1.04. The molecule has 4 N–H and O–H groups in total. The van der Waals surface area contributed by atoms with E-state index in [9.17, 15) is 9.90 Å². The Hall–Kier alpha value is -1.55. The molecule has 0 aromatic heterocycles. The first-order chi connectivity index (χ1) is 7.39. The smallest absolute Gasteiger partial charge is 0.312 e. The molecule has 1 rings (SSSR count). The molecule has 0 unspecified atom stereocenters. The maximum atomic E-state index is 10.8. The number of primary amides is 1. The summed E-state index contributed by atoms with van der Waals surface area (Å²) in [5.41, 5.74) is 5.12. The van der Waals surface area contributed by atoms with Crippen molar-refractivity contribution in [3.63, 3.8) is 0 Å². The maximum absolute atomic E-state index is 10.8. The largest absolute Gasteiger partial charge is 0.388 e. The van der Waals surface area contributed by atoms with E-state index in [0.29, 0.717) is 6.42 Å². The van der Waals surface area contributed by atoms with Gasteiger partial charge in [-0.15, -0.1) is 0 Å². The molecule has 1 aromatic rings. The molecule has 2 amide bonds. The maximum Gasteiger partial charge on any atom is 0.312 e. The molecular formula is C12H18N2O2. The van der Waals surface area contributed by atoms with Crippen molar-refractivity contribution < 1.29 is 9.90 Å². The molecule has 4 nitrogen and oxygen atoms in total. The van der Waals surface area contributed by atoms with Crippen molar-refractivity contribution >= 4 is 6.03 Å². The van der Waals surface area contributed by atoms with Crippen LogP contribution < -0.4 is 11.1 Å². The number of rotatable bonds is 4. The quantitative estimate of drug-likeness (QED) is 0.712. The summed E-state index contributed by atoms with van der Waals surface area (Å²) in [7, 11) is 0. The van der Waals surface area contributed by atoms with Crippen LogP contribution in [0.25, 0.3) is 0 Å². The van der Waals surface area contributed by atoms with E-state index in [-0.39, 0.29) is 0 Å². The lowest BCUT2D eigenvalue weighted by Crippen LogP contribution is -2.52. The molecule has 0 aliphatic heterocycles. The number of urea groups is 1. The number of hydrogen-bond acceptors (Lipinski definition) is 2. The van der Waals surface area contributed by atoms with Crippen LogP contribution in [0.5, 0.6) is 0 Å². The minimum atomic E-state index is -1.01. The number of nitrogens with two attached hydrogens (primary N) is 1. The molecule has 0 fully saturated rings. The van der Waals surface area contributed by atoms with Crippen LogP contribution in [0.3, 0.4) is 0 Å². The summed E-state index contributed by atoms with van der Waals surface area (Å²) in [6.07, 6.45) is 0.549. The summed E-state index contributed by atoms with van der Waals surface area (Å²) in [4.78, 5) is 10.8. The second kappa shape index (κ2) is 4.99. The summed E-state index contributed by atoms with van der Waals surface area (Å²) < 4.78 is 0. The molecule has 4 heteroatoms. The first-order valence-electron chi connectivity index (χ1n) is 5.22. The number of hydrogen-bond donors (Lipinski definition) is 3. The number of carbonyl (C=O) groups excluding carboxylic acids is 1. The molecule has 0 bridgehead atoms. The van der Waals surface area contributed by atoms with E-state index in [1.165, 1.54) is 0 Å². The monoisotopic (exact) mass is 222 g/mol. The lowest BCUT2D eigenvalue weighted by atomic mass is 9.92. The second-order valence-electron chi connectivity index (χ2n) is 4.40. The van der Waals surface area contributed by atoms with E-state index in [4.69, 9.17) is 5.73 Å². The average molecular weight is 222 g/mol. The number of benzene rings is 1. The molecule has 0 radical (unpaired) electrons. The zero-order chi connectivity index (χ0) is 12.2. The van der Waals surface area contributed by atoms with Gasteiger partial charge in [-0.3, -0.25) is 0 Å². The third kappa shape index (κ3) is 3.90. The van der Waals surface area contributed by atoms with Gasteiger partial charge in [0.2, 0.25) is 0 Å². The van der Waals surface area contributed by atoms with Gasteiger partial charge in [-0.2, -0.15) is 0 Å². The zero-order valence-electron chi connectivity index (χ0n) is 9.60. The molecule has 88 valence electrons. The Morgan fingerprint density at radius 1 is 1.44 bits per heavy atom. The van der Waals surface area contributed by atoms with Gasteiger partial charge in [0.25, 0.3) is 0 Å². The van der Waals surface area contributed by atoms with Crippen molar-refractivity contribution in [2.75, 3.05) is 0 Å². The Morgan fingerprint density at radius 3 is 2.44 bits per heavy atom. The standard InChI is InChI=1S/C12H18N2O2/c1-12(2,16)10(14-11(13)15)8-9-6-4-3-5-7-9/h3-7,10,16H,8H2,1-2H3,(H3,13,14,15)/t10-/m0/s1. The predicted molar refractivity (Wildman–Crippen MR) is 63.0 cm³/mol. The first-order valence-corrected chi connectivity index (χ1v) is 5.22. The fraction of sp³-hybridized carbons (Fsp3) is 0.417. The van der Waals surface area contributed by atoms with Crippen LogP contribution in [-0.4, -0.2) is 22.8 Å². The third-order valence-corrected chi connectivity index (χ3v) is 2.45. The molecule has 0 aliphatic rings. The van der Waals surface area contributed by atoms with Crippen molar-refractivity contribution in [3.05, 3.63) is 35.9 Å². The van der Waals surface area contributed by atoms with Crippen molar-refractivity contribution in [1.29, 1.82) is 0 Å². The van der Waals surface area contributed by atoms with E-state index in [1.807, 2.05) is 30.3 Å². The van der Waals surface area contributed by atoms with E-state index in [2.05, 4.69) is 5.32 Å². The topological polar surface area (TPSA) is 75.3 Å².